The van der Waals surface area contributed by atoms with Crippen LogP contribution in [0.3, 0.4) is 0 Å². The van der Waals surface area contributed by atoms with E-state index in [2.05, 4.69) is 5.32 Å². The standard InChI is InChI=1S/C26H28N2O6/c1-15(2)13-28-19-10-9-17(12-21(19)33-14-26(3,4)25(28)31)27-23(29)18-11-16-7-6-8-20(32-5)22(16)34-24(18)30/h6-12,15H,13-14H2,1-5H3,(H,27,29). The molecule has 0 spiro atoms. The molecular formula is C26H28N2O6. The lowest BCUT2D eigenvalue weighted by Gasteiger charge is -2.29. The third-order valence-corrected chi connectivity index (χ3v) is 5.66. The van der Waals surface area contributed by atoms with Crippen molar-refractivity contribution in [3.8, 4) is 11.5 Å². The van der Waals surface area contributed by atoms with Crippen LogP contribution in [0.4, 0.5) is 11.4 Å². The highest BCUT2D eigenvalue weighted by atomic mass is 16.5. The normalized spacial score (nSPS) is 15.0. The molecule has 0 bridgehead atoms. The highest BCUT2D eigenvalue weighted by molar-refractivity contribution is 6.06. The molecule has 2 amide bonds. The Labute approximate surface area is 197 Å². The van der Waals surface area contributed by atoms with Gasteiger partial charge in [-0.25, -0.2) is 4.79 Å². The molecule has 0 saturated carbocycles. The molecule has 0 unspecified atom stereocenters. The van der Waals surface area contributed by atoms with Crippen molar-refractivity contribution in [1.82, 2.24) is 0 Å². The minimum absolute atomic E-state index is 0.0130. The molecule has 1 aromatic heterocycles. The van der Waals surface area contributed by atoms with Crippen LogP contribution in [0, 0.1) is 11.3 Å². The van der Waals surface area contributed by atoms with Gasteiger partial charge in [-0.05, 0) is 44.0 Å². The first kappa shape index (κ1) is 23.4. The third-order valence-electron chi connectivity index (χ3n) is 5.66. The van der Waals surface area contributed by atoms with Crippen LogP contribution in [-0.4, -0.2) is 32.1 Å². The predicted molar refractivity (Wildman–Crippen MR) is 130 cm³/mol. The topological polar surface area (TPSA) is 98.1 Å². The minimum Gasteiger partial charge on any atom is -0.493 e. The number of nitrogens with one attached hydrogen (secondary N) is 1. The Balaban J connectivity index is 1.66. The summed E-state index contributed by atoms with van der Waals surface area (Å²) in [5.74, 6) is 0.541. The molecule has 4 rings (SSSR count). The van der Waals surface area contributed by atoms with E-state index in [1.54, 1.807) is 41.3 Å². The van der Waals surface area contributed by atoms with Crippen LogP contribution in [0.15, 0.2) is 51.7 Å². The summed E-state index contributed by atoms with van der Waals surface area (Å²) in [5, 5.41) is 3.31. The molecule has 1 aliphatic rings. The molecule has 1 N–H and O–H groups in total. The van der Waals surface area contributed by atoms with E-state index in [-0.39, 0.29) is 29.6 Å². The van der Waals surface area contributed by atoms with Crippen molar-refractivity contribution in [1.29, 1.82) is 0 Å². The smallest absolute Gasteiger partial charge is 0.349 e. The van der Waals surface area contributed by atoms with Crippen LogP contribution in [0.5, 0.6) is 11.5 Å². The number of amides is 2. The molecular weight excluding hydrogens is 436 g/mol. The fraction of sp³-hybridized carbons (Fsp3) is 0.346. The van der Waals surface area contributed by atoms with Crippen molar-refractivity contribution in [3.63, 3.8) is 0 Å². The van der Waals surface area contributed by atoms with Crippen LogP contribution in [0.25, 0.3) is 11.0 Å². The molecule has 0 aliphatic carbocycles. The maximum Gasteiger partial charge on any atom is 0.349 e. The van der Waals surface area contributed by atoms with Gasteiger partial charge in [0.05, 0.1) is 18.2 Å². The van der Waals surface area contributed by atoms with Crippen molar-refractivity contribution >= 4 is 34.2 Å². The molecule has 0 radical (unpaired) electrons. The van der Waals surface area contributed by atoms with Crippen molar-refractivity contribution in [3.05, 3.63) is 58.4 Å². The zero-order valence-electron chi connectivity index (χ0n) is 19.9. The molecule has 178 valence electrons. The number of hydrogen-bond acceptors (Lipinski definition) is 6. The molecule has 2 heterocycles. The summed E-state index contributed by atoms with van der Waals surface area (Å²) < 4.78 is 16.6. The van der Waals surface area contributed by atoms with Crippen molar-refractivity contribution in [2.24, 2.45) is 11.3 Å². The number of hydrogen-bond donors (Lipinski definition) is 1. The molecule has 0 saturated heterocycles. The van der Waals surface area contributed by atoms with E-state index < -0.39 is 16.9 Å². The number of rotatable bonds is 5. The van der Waals surface area contributed by atoms with E-state index in [1.165, 1.54) is 13.2 Å². The Kier molecular flexibility index (Phi) is 6.08. The van der Waals surface area contributed by atoms with Gasteiger partial charge in [-0.1, -0.05) is 26.0 Å². The Bertz CT molecular complexity index is 1320. The molecule has 0 fully saturated rings. The van der Waals surface area contributed by atoms with Gasteiger partial charge in [0.15, 0.2) is 11.3 Å². The van der Waals surface area contributed by atoms with Crippen molar-refractivity contribution in [2.45, 2.75) is 27.7 Å². The van der Waals surface area contributed by atoms with Crippen LogP contribution in [0.2, 0.25) is 0 Å². The summed E-state index contributed by atoms with van der Waals surface area (Å²) in [4.78, 5) is 40.3. The average Bonchev–Trinajstić information content (AvgIpc) is 2.88. The summed E-state index contributed by atoms with van der Waals surface area (Å²) in [5.41, 5.74) is -0.222. The first-order chi connectivity index (χ1) is 16.1. The lowest BCUT2D eigenvalue weighted by Crippen LogP contribution is -2.43. The summed E-state index contributed by atoms with van der Waals surface area (Å²) in [6, 6.07) is 11.7. The van der Waals surface area contributed by atoms with Gasteiger partial charge in [0.2, 0.25) is 5.91 Å². The zero-order valence-corrected chi connectivity index (χ0v) is 19.9. The maximum atomic E-state index is 13.1. The van der Waals surface area contributed by atoms with E-state index in [0.717, 1.165) is 0 Å². The van der Waals surface area contributed by atoms with E-state index in [4.69, 9.17) is 13.9 Å². The highest BCUT2D eigenvalue weighted by Gasteiger charge is 2.38. The molecule has 34 heavy (non-hydrogen) atoms. The van der Waals surface area contributed by atoms with Gasteiger partial charge < -0.3 is 24.1 Å². The fourth-order valence-electron chi connectivity index (χ4n) is 3.91. The predicted octanol–water partition coefficient (Wildman–Crippen LogP) is 4.46. The Hall–Kier alpha value is -3.81. The lowest BCUT2D eigenvalue weighted by molar-refractivity contribution is -0.127. The van der Waals surface area contributed by atoms with Crippen molar-refractivity contribution < 1.29 is 23.5 Å². The molecule has 3 aromatic rings. The molecule has 8 nitrogen and oxygen atoms in total. The second kappa shape index (κ2) is 8.85. The number of nitrogens with zero attached hydrogens (tertiary/aromatic N) is 1. The van der Waals surface area contributed by atoms with Gasteiger partial charge in [0.25, 0.3) is 5.91 Å². The number of ether oxygens (including phenoxy) is 2. The summed E-state index contributed by atoms with van der Waals surface area (Å²) in [6.07, 6.45) is 0. The number of para-hydroxylation sites is 1. The SMILES string of the molecule is COc1cccc2cc(C(=O)Nc3ccc4c(c3)OCC(C)(C)C(=O)N4CC(C)C)c(=O)oc12. The first-order valence-corrected chi connectivity index (χ1v) is 11.1. The second-order valence-corrected chi connectivity index (χ2v) is 9.44. The fourth-order valence-corrected chi connectivity index (χ4v) is 3.91. The van der Waals surface area contributed by atoms with Gasteiger partial charge in [-0.3, -0.25) is 9.59 Å². The Morgan fingerprint density at radius 2 is 1.94 bits per heavy atom. The van der Waals surface area contributed by atoms with Gasteiger partial charge in [0, 0.05) is 23.7 Å². The molecule has 0 atom stereocenters. The number of fused-ring (bicyclic) bond motifs is 2. The number of benzene rings is 2. The number of anilines is 2. The highest BCUT2D eigenvalue weighted by Crippen LogP contribution is 2.38. The van der Waals surface area contributed by atoms with Gasteiger partial charge in [0.1, 0.15) is 17.9 Å². The Morgan fingerprint density at radius 1 is 1.18 bits per heavy atom. The largest absolute Gasteiger partial charge is 0.493 e. The van der Waals surface area contributed by atoms with Crippen molar-refractivity contribution in [2.75, 3.05) is 30.5 Å². The summed E-state index contributed by atoms with van der Waals surface area (Å²) in [6.45, 7) is 8.55. The second-order valence-electron chi connectivity index (χ2n) is 9.44. The van der Waals surface area contributed by atoms with Gasteiger partial charge >= 0.3 is 5.63 Å². The zero-order chi connectivity index (χ0) is 24.6. The summed E-state index contributed by atoms with van der Waals surface area (Å²) in [7, 11) is 1.48. The number of carbonyl (C=O) groups excluding carboxylic acids is 2. The average molecular weight is 465 g/mol. The molecule has 8 heteroatoms. The number of methoxy groups -OCH3 is 1. The lowest BCUT2D eigenvalue weighted by atomic mass is 9.92. The quantitative estimate of drug-likeness (QED) is 0.560. The minimum atomic E-state index is -0.768. The van der Waals surface area contributed by atoms with Crippen LogP contribution < -0.4 is 25.3 Å². The summed E-state index contributed by atoms with van der Waals surface area (Å²) >= 11 is 0. The van der Waals surface area contributed by atoms with E-state index in [1.807, 2.05) is 27.7 Å². The molecule has 2 aromatic carbocycles. The Morgan fingerprint density at radius 3 is 2.65 bits per heavy atom. The van der Waals surface area contributed by atoms with Gasteiger partial charge in [-0.2, -0.15) is 0 Å². The van der Waals surface area contributed by atoms with Gasteiger partial charge in [-0.15, -0.1) is 0 Å². The van der Waals surface area contributed by atoms with E-state index in [9.17, 15) is 14.4 Å². The first-order valence-electron chi connectivity index (χ1n) is 11.1. The van der Waals surface area contributed by atoms with Crippen LogP contribution in [-0.2, 0) is 4.79 Å². The third kappa shape index (κ3) is 4.35. The maximum absolute atomic E-state index is 13.1. The van der Waals surface area contributed by atoms with Crippen LogP contribution >= 0.6 is 0 Å². The monoisotopic (exact) mass is 464 g/mol. The van der Waals surface area contributed by atoms with Crippen LogP contribution in [0.1, 0.15) is 38.1 Å². The van der Waals surface area contributed by atoms with E-state index in [0.29, 0.717) is 34.8 Å². The molecule has 1 aliphatic heterocycles. The van der Waals surface area contributed by atoms with E-state index >= 15 is 0 Å². The number of carbonyl (C=O) groups is 2.